The first-order chi connectivity index (χ1) is 11.2. The van der Waals surface area contributed by atoms with Crippen LogP contribution >= 0.6 is 15.9 Å². The first kappa shape index (κ1) is 22.7. The molecule has 1 unspecified atom stereocenters. The molecule has 0 spiro atoms. The van der Waals surface area contributed by atoms with E-state index in [1.54, 1.807) is 0 Å². The number of aliphatic carboxylic acids is 1. The Balaban J connectivity index is 3.15. The summed E-state index contributed by atoms with van der Waals surface area (Å²) in [6.07, 6.45) is 23.5. The average Bonchev–Trinajstić information content (AvgIpc) is 2.54. The van der Waals surface area contributed by atoms with Crippen molar-refractivity contribution in [2.24, 2.45) is 0 Å². The highest BCUT2D eigenvalue weighted by molar-refractivity contribution is 9.10. The van der Waals surface area contributed by atoms with Gasteiger partial charge in [-0.2, -0.15) is 0 Å². The molecule has 23 heavy (non-hydrogen) atoms. The summed E-state index contributed by atoms with van der Waals surface area (Å²) in [6, 6.07) is 0. The minimum absolute atomic E-state index is 0.362. The van der Waals surface area contributed by atoms with Crippen molar-refractivity contribution in [2.45, 2.75) is 108 Å². The fourth-order valence-corrected chi connectivity index (χ4v) is 3.02. The van der Waals surface area contributed by atoms with Gasteiger partial charge in [0.2, 0.25) is 0 Å². The molecule has 0 aromatic carbocycles. The van der Waals surface area contributed by atoms with Crippen LogP contribution in [0.5, 0.6) is 0 Å². The Bertz CT molecular complexity index is 289. The van der Waals surface area contributed by atoms with E-state index < -0.39 is 5.97 Å². The molecule has 0 rings (SSSR count). The predicted octanol–water partition coefficient (Wildman–Crippen LogP) is 7.26. The number of halogens is 1. The summed E-state index contributed by atoms with van der Waals surface area (Å²) in [4.78, 5) is 10.3. The molecule has 136 valence electrons. The zero-order valence-corrected chi connectivity index (χ0v) is 16.7. The summed E-state index contributed by atoms with van der Waals surface area (Å²) >= 11 is 3.18. The molecule has 0 aliphatic rings. The van der Waals surface area contributed by atoms with Gasteiger partial charge >= 0.3 is 5.97 Å². The lowest BCUT2D eigenvalue weighted by molar-refractivity contribution is -0.136. The van der Waals surface area contributed by atoms with Gasteiger partial charge in [-0.15, -0.1) is 0 Å². The van der Waals surface area contributed by atoms with Gasteiger partial charge in [-0.1, -0.05) is 99.2 Å². The molecule has 0 aromatic heterocycles. The Morgan fingerprint density at radius 2 is 1.26 bits per heavy atom. The van der Waals surface area contributed by atoms with Crippen LogP contribution in [-0.4, -0.2) is 15.9 Å². The number of unbranched alkanes of at least 4 members (excludes halogenated alkanes) is 12. The highest BCUT2D eigenvalue weighted by Crippen LogP contribution is 2.14. The van der Waals surface area contributed by atoms with Crippen molar-refractivity contribution in [3.05, 3.63) is 12.2 Å². The number of rotatable bonds is 17. The van der Waals surface area contributed by atoms with Crippen molar-refractivity contribution in [3.63, 3.8) is 0 Å². The third kappa shape index (κ3) is 17.9. The van der Waals surface area contributed by atoms with Crippen LogP contribution in [0.3, 0.4) is 0 Å². The molecule has 2 nitrogen and oxygen atoms in total. The largest absolute Gasteiger partial charge is 0.480 e. The lowest BCUT2D eigenvalue weighted by Crippen LogP contribution is -2.11. The quantitative estimate of drug-likeness (QED) is 0.161. The van der Waals surface area contributed by atoms with Crippen LogP contribution in [0.4, 0.5) is 0 Å². The SMILES string of the molecule is CCCCCCCC/C=C\CCCCCCCCC(Br)C(=O)O. The normalized spacial score (nSPS) is 12.8. The zero-order valence-electron chi connectivity index (χ0n) is 15.1. The highest BCUT2D eigenvalue weighted by Gasteiger charge is 2.11. The van der Waals surface area contributed by atoms with Crippen LogP contribution in [-0.2, 0) is 4.79 Å². The van der Waals surface area contributed by atoms with Crippen molar-refractivity contribution < 1.29 is 9.90 Å². The lowest BCUT2D eigenvalue weighted by Gasteiger charge is -2.04. The topological polar surface area (TPSA) is 37.3 Å². The van der Waals surface area contributed by atoms with E-state index in [0.717, 1.165) is 19.3 Å². The van der Waals surface area contributed by atoms with E-state index in [1.165, 1.54) is 77.0 Å². The van der Waals surface area contributed by atoms with Gasteiger partial charge < -0.3 is 5.11 Å². The van der Waals surface area contributed by atoms with Gasteiger partial charge in [-0.25, -0.2) is 0 Å². The zero-order chi connectivity index (χ0) is 17.2. The number of carboxylic acids is 1. The molecule has 1 atom stereocenters. The molecule has 0 saturated carbocycles. The maximum absolute atomic E-state index is 10.6. The van der Waals surface area contributed by atoms with E-state index in [9.17, 15) is 4.79 Å². The van der Waals surface area contributed by atoms with E-state index in [1.807, 2.05) is 0 Å². The monoisotopic (exact) mass is 388 g/mol. The highest BCUT2D eigenvalue weighted by atomic mass is 79.9. The van der Waals surface area contributed by atoms with E-state index in [4.69, 9.17) is 5.11 Å². The van der Waals surface area contributed by atoms with Crippen LogP contribution in [0.1, 0.15) is 103 Å². The molecule has 0 aliphatic carbocycles. The summed E-state index contributed by atoms with van der Waals surface area (Å²) in [5.74, 6) is -0.738. The number of alkyl halides is 1. The second-order valence-electron chi connectivity index (χ2n) is 6.53. The third-order valence-corrected chi connectivity index (χ3v) is 5.09. The van der Waals surface area contributed by atoms with Gasteiger partial charge in [0.05, 0.1) is 0 Å². The van der Waals surface area contributed by atoms with Crippen molar-refractivity contribution in [2.75, 3.05) is 0 Å². The Labute approximate surface area is 152 Å². The van der Waals surface area contributed by atoms with Crippen molar-refractivity contribution in [1.82, 2.24) is 0 Å². The van der Waals surface area contributed by atoms with Gasteiger partial charge in [0.25, 0.3) is 0 Å². The molecular weight excluding hydrogens is 352 g/mol. The number of hydrogen-bond donors (Lipinski definition) is 1. The van der Waals surface area contributed by atoms with Gasteiger partial charge in [-0.3, -0.25) is 4.79 Å². The van der Waals surface area contributed by atoms with Gasteiger partial charge in [0.15, 0.2) is 0 Å². The van der Waals surface area contributed by atoms with E-state index >= 15 is 0 Å². The number of hydrogen-bond acceptors (Lipinski definition) is 1. The minimum Gasteiger partial charge on any atom is -0.480 e. The Kier molecular flexibility index (Phi) is 17.8. The molecule has 0 fully saturated rings. The van der Waals surface area contributed by atoms with Crippen LogP contribution in [0, 0.1) is 0 Å². The Morgan fingerprint density at radius 1 is 0.826 bits per heavy atom. The van der Waals surface area contributed by atoms with Crippen molar-refractivity contribution in [1.29, 1.82) is 0 Å². The molecule has 1 N–H and O–H groups in total. The molecular formula is C20H37BrO2. The second-order valence-corrected chi connectivity index (χ2v) is 7.64. The Hall–Kier alpha value is -0.310. The van der Waals surface area contributed by atoms with Gasteiger partial charge in [0.1, 0.15) is 4.83 Å². The smallest absolute Gasteiger partial charge is 0.317 e. The Morgan fingerprint density at radius 3 is 1.74 bits per heavy atom. The van der Waals surface area contributed by atoms with E-state index in [0.29, 0.717) is 0 Å². The van der Waals surface area contributed by atoms with Crippen LogP contribution < -0.4 is 0 Å². The van der Waals surface area contributed by atoms with Crippen LogP contribution in [0.2, 0.25) is 0 Å². The van der Waals surface area contributed by atoms with Crippen molar-refractivity contribution in [3.8, 4) is 0 Å². The number of allylic oxidation sites excluding steroid dienone is 2. The maximum Gasteiger partial charge on any atom is 0.317 e. The average molecular weight is 389 g/mol. The molecule has 0 bridgehead atoms. The second kappa shape index (κ2) is 18.0. The number of carboxylic acid groups (broad SMARTS) is 1. The van der Waals surface area contributed by atoms with Crippen LogP contribution in [0.25, 0.3) is 0 Å². The minimum atomic E-state index is -0.738. The molecule has 0 aromatic rings. The molecule has 0 radical (unpaired) electrons. The predicted molar refractivity (Wildman–Crippen MR) is 104 cm³/mol. The first-order valence-electron chi connectivity index (χ1n) is 9.70. The first-order valence-corrected chi connectivity index (χ1v) is 10.6. The lowest BCUT2D eigenvalue weighted by atomic mass is 10.1. The molecule has 0 saturated heterocycles. The van der Waals surface area contributed by atoms with E-state index in [2.05, 4.69) is 35.0 Å². The molecule has 0 aliphatic heterocycles. The molecule has 0 amide bonds. The third-order valence-electron chi connectivity index (χ3n) is 4.24. The summed E-state index contributed by atoms with van der Waals surface area (Å²) in [5, 5.41) is 8.75. The standard InChI is InChI=1S/C20H37BrO2/c1-2-3-4-5-6-7-8-9-10-11-12-13-14-15-16-17-18-19(21)20(22)23/h9-10,19H,2-8,11-18H2,1H3,(H,22,23)/b10-9-. The van der Waals surface area contributed by atoms with Crippen LogP contribution in [0.15, 0.2) is 12.2 Å². The van der Waals surface area contributed by atoms with Crippen molar-refractivity contribution >= 4 is 21.9 Å². The number of carbonyl (C=O) groups is 1. The van der Waals surface area contributed by atoms with Gasteiger partial charge in [0, 0.05) is 0 Å². The fourth-order valence-electron chi connectivity index (χ4n) is 2.69. The van der Waals surface area contributed by atoms with Gasteiger partial charge in [-0.05, 0) is 32.1 Å². The van der Waals surface area contributed by atoms with E-state index in [-0.39, 0.29) is 4.83 Å². The fraction of sp³-hybridized carbons (Fsp3) is 0.850. The summed E-state index contributed by atoms with van der Waals surface area (Å²) < 4.78 is 0. The molecule has 0 heterocycles. The summed E-state index contributed by atoms with van der Waals surface area (Å²) in [7, 11) is 0. The summed E-state index contributed by atoms with van der Waals surface area (Å²) in [5.41, 5.74) is 0. The molecule has 3 heteroatoms. The summed E-state index contributed by atoms with van der Waals surface area (Å²) in [6.45, 7) is 2.26. The maximum atomic E-state index is 10.6.